The Morgan fingerprint density at radius 1 is 1.06 bits per heavy atom. The number of sulfone groups is 1. The maximum atomic E-state index is 11.8. The summed E-state index contributed by atoms with van der Waals surface area (Å²) >= 11 is 5.50. The first-order valence-corrected chi connectivity index (χ1v) is 9.15. The molecule has 0 bridgehead atoms. The highest BCUT2D eigenvalue weighted by Crippen LogP contribution is 2.04. The first kappa shape index (κ1) is 16.1. The van der Waals surface area contributed by atoms with E-state index in [1.54, 1.807) is 0 Å². The molecule has 0 radical (unpaired) electrons. The van der Waals surface area contributed by atoms with Gasteiger partial charge in [0.15, 0.2) is 0 Å². The van der Waals surface area contributed by atoms with Gasteiger partial charge in [-0.15, -0.1) is 11.6 Å². The van der Waals surface area contributed by atoms with Crippen molar-refractivity contribution in [2.75, 3.05) is 36.7 Å². The molecule has 0 rings (SSSR count). The maximum absolute atomic E-state index is 11.8. The van der Waals surface area contributed by atoms with Crippen molar-refractivity contribution in [3.63, 3.8) is 0 Å². The minimum atomic E-state index is -3.51. The van der Waals surface area contributed by atoms with Gasteiger partial charge < -0.3 is 0 Å². The fourth-order valence-electron chi connectivity index (χ4n) is 1.12. The molecule has 8 heteroatoms. The van der Waals surface area contributed by atoms with Crippen LogP contribution in [-0.2, 0) is 19.9 Å². The summed E-state index contributed by atoms with van der Waals surface area (Å²) in [5, 5.41) is 0. The van der Waals surface area contributed by atoms with Gasteiger partial charge >= 0.3 is 0 Å². The van der Waals surface area contributed by atoms with E-state index in [9.17, 15) is 16.8 Å². The summed E-state index contributed by atoms with van der Waals surface area (Å²) < 4.78 is 46.6. The van der Waals surface area contributed by atoms with Gasteiger partial charge in [0.1, 0.15) is 9.84 Å². The summed E-state index contributed by atoms with van der Waals surface area (Å²) in [6.45, 7) is 2.45. The van der Waals surface area contributed by atoms with Gasteiger partial charge in [0.2, 0.25) is 10.0 Å². The minimum absolute atomic E-state index is 0.206. The molecular weight excluding hydrogens is 274 g/mol. The van der Waals surface area contributed by atoms with Crippen LogP contribution < -0.4 is 0 Å². The molecule has 0 aliphatic carbocycles. The van der Waals surface area contributed by atoms with Crippen LogP contribution in [0.3, 0.4) is 0 Å². The first-order chi connectivity index (χ1) is 7.23. The molecule has 0 aromatic rings. The van der Waals surface area contributed by atoms with E-state index in [0.29, 0.717) is 13.0 Å². The van der Waals surface area contributed by atoms with Crippen LogP contribution in [0, 0.1) is 0 Å². The average molecular weight is 292 g/mol. The molecule has 0 aromatic heterocycles. The van der Waals surface area contributed by atoms with Gasteiger partial charge in [-0.3, -0.25) is 0 Å². The summed E-state index contributed by atoms with van der Waals surface area (Å²) in [6.07, 6.45) is 1.70. The third kappa shape index (κ3) is 6.67. The summed E-state index contributed by atoms with van der Waals surface area (Å²) in [7, 11) is -6.77. The van der Waals surface area contributed by atoms with Crippen molar-refractivity contribution >= 4 is 31.5 Å². The number of halogens is 1. The quantitative estimate of drug-likeness (QED) is 0.604. The lowest BCUT2D eigenvalue weighted by Crippen LogP contribution is -2.37. The monoisotopic (exact) mass is 291 g/mol. The number of nitrogens with zero attached hydrogens (tertiary/aromatic N) is 1. The van der Waals surface area contributed by atoms with Crippen LogP contribution in [0.4, 0.5) is 0 Å². The molecular formula is C8H18ClNO4S2. The Labute approximate surface area is 103 Å². The number of sulfonamides is 1. The SMILES string of the molecule is CCCN(CCCl)S(=O)(=O)CCS(C)(=O)=O. The van der Waals surface area contributed by atoms with Gasteiger partial charge in [0, 0.05) is 25.2 Å². The van der Waals surface area contributed by atoms with Gasteiger partial charge in [0.25, 0.3) is 0 Å². The topological polar surface area (TPSA) is 71.5 Å². The number of rotatable bonds is 8. The predicted octanol–water partition coefficient (Wildman–Crippen LogP) is 0.312. The summed E-state index contributed by atoms with van der Waals surface area (Å²) in [5.41, 5.74) is 0. The highest BCUT2D eigenvalue weighted by atomic mass is 35.5. The molecule has 0 saturated carbocycles. The molecule has 0 N–H and O–H groups in total. The molecule has 0 spiro atoms. The molecule has 0 heterocycles. The molecule has 5 nitrogen and oxygen atoms in total. The molecule has 0 aliphatic rings. The number of hydrogen-bond acceptors (Lipinski definition) is 4. The second kappa shape index (κ2) is 6.78. The molecule has 0 amide bonds. The predicted molar refractivity (Wildman–Crippen MR) is 66.1 cm³/mol. The summed E-state index contributed by atoms with van der Waals surface area (Å²) in [5.74, 6) is -0.515. The van der Waals surface area contributed by atoms with E-state index in [-0.39, 0.29) is 23.9 Å². The molecule has 0 aliphatic heterocycles. The normalized spacial score (nSPS) is 13.2. The molecule has 0 unspecified atom stereocenters. The Kier molecular flexibility index (Phi) is 6.84. The van der Waals surface area contributed by atoms with Crippen LogP contribution in [0.1, 0.15) is 13.3 Å². The average Bonchev–Trinajstić information content (AvgIpc) is 2.14. The summed E-state index contributed by atoms with van der Waals surface area (Å²) in [4.78, 5) is 0. The Bertz CT molecular complexity index is 384. The van der Waals surface area contributed by atoms with E-state index in [4.69, 9.17) is 11.6 Å². The van der Waals surface area contributed by atoms with E-state index in [1.165, 1.54) is 4.31 Å². The van der Waals surface area contributed by atoms with Crippen LogP contribution in [0.15, 0.2) is 0 Å². The number of hydrogen-bond donors (Lipinski definition) is 0. The molecule has 98 valence electrons. The van der Waals surface area contributed by atoms with Crippen molar-refractivity contribution < 1.29 is 16.8 Å². The zero-order valence-electron chi connectivity index (χ0n) is 9.52. The lowest BCUT2D eigenvalue weighted by atomic mass is 10.5. The lowest BCUT2D eigenvalue weighted by molar-refractivity contribution is 0.429. The van der Waals surface area contributed by atoms with Crippen molar-refractivity contribution in [1.29, 1.82) is 0 Å². The van der Waals surface area contributed by atoms with E-state index >= 15 is 0 Å². The van der Waals surface area contributed by atoms with Crippen molar-refractivity contribution in [1.82, 2.24) is 4.31 Å². The standard InChI is InChI=1S/C8H18ClNO4S2/c1-3-5-10(6-4-9)16(13,14)8-7-15(2,11)12/h3-8H2,1-2H3. The smallest absolute Gasteiger partial charge is 0.215 e. The molecule has 0 aromatic carbocycles. The first-order valence-electron chi connectivity index (χ1n) is 4.94. The van der Waals surface area contributed by atoms with E-state index in [0.717, 1.165) is 6.26 Å². The Morgan fingerprint density at radius 3 is 2.00 bits per heavy atom. The third-order valence-electron chi connectivity index (χ3n) is 1.91. The van der Waals surface area contributed by atoms with Gasteiger partial charge in [-0.05, 0) is 6.42 Å². The van der Waals surface area contributed by atoms with Crippen LogP contribution in [0.25, 0.3) is 0 Å². The Hall–Kier alpha value is 0.150. The Morgan fingerprint density at radius 2 is 1.62 bits per heavy atom. The van der Waals surface area contributed by atoms with Gasteiger partial charge in [-0.2, -0.15) is 0 Å². The van der Waals surface area contributed by atoms with Crippen molar-refractivity contribution in [2.24, 2.45) is 0 Å². The second-order valence-corrected chi connectivity index (χ2v) is 8.26. The highest BCUT2D eigenvalue weighted by molar-refractivity contribution is 7.93. The van der Waals surface area contributed by atoms with Gasteiger partial charge in [-0.1, -0.05) is 6.92 Å². The van der Waals surface area contributed by atoms with E-state index < -0.39 is 19.9 Å². The van der Waals surface area contributed by atoms with Gasteiger partial charge in [0.05, 0.1) is 11.5 Å². The fraction of sp³-hybridized carbons (Fsp3) is 1.00. The molecule has 0 saturated heterocycles. The van der Waals surface area contributed by atoms with Crippen LogP contribution in [-0.4, -0.2) is 57.9 Å². The third-order valence-corrected chi connectivity index (χ3v) is 5.16. The zero-order chi connectivity index (χ0) is 12.8. The van der Waals surface area contributed by atoms with Crippen LogP contribution in [0.2, 0.25) is 0 Å². The largest absolute Gasteiger partial charge is 0.229 e. The molecule has 16 heavy (non-hydrogen) atoms. The minimum Gasteiger partial charge on any atom is -0.229 e. The van der Waals surface area contributed by atoms with E-state index in [1.807, 2.05) is 6.92 Å². The van der Waals surface area contributed by atoms with Crippen LogP contribution >= 0.6 is 11.6 Å². The van der Waals surface area contributed by atoms with Crippen LogP contribution in [0.5, 0.6) is 0 Å². The molecule has 0 atom stereocenters. The molecule has 0 fully saturated rings. The van der Waals surface area contributed by atoms with Crippen molar-refractivity contribution in [3.05, 3.63) is 0 Å². The second-order valence-electron chi connectivity index (χ2n) is 3.53. The lowest BCUT2D eigenvalue weighted by Gasteiger charge is -2.20. The fourth-order valence-corrected chi connectivity index (χ4v) is 4.57. The highest BCUT2D eigenvalue weighted by Gasteiger charge is 2.22. The van der Waals surface area contributed by atoms with Gasteiger partial charge in [-0.25, -0.2) is 21.1 Å². The number of alkyl halides is 1. The van der Waals surface area contributed by atoms with E-state index in [2.05, 4.69) is 0 Å². The zero-order valence-corrected chi connectivity index (χ0v) is 11.9. The van der Waals surface area contributed by atoms with Crippen molar-refractivity contribution in [2.45, 2.75) is 13.3 Å². The Balaban J connectivity index is 4.60. The maximum Gasteiger partial charge on any atom is 0.215 e. The van der Waals surface area contributed by atoms with Crippen molar-refractivity contribution in [3.8, 4) is 0 Å². The summed E-state index contributed by atoms with van der Waals surface area (Å²) in [6, 6.07) is 0.